The van der Waals surface area contributed by atoms with Gasteiger partial charge in [0.1, 0.15) is 5.82 Å². The Morgan fingerprint density at radius 2 is 1.83 bits per heavy atom. The number of nitrogens with one attached hydrogen (secondary N) is 2. The Morgan fingerprint density at radius 1 is 1.13 bits per heavy atom. The number of benzene rings is 1. The molecule has 1 aromatic carbocycles. The van der Waals surface area contributed by atoms with Crippen molar-refractivity contribution in [3.8, 4) is 0 Å². The van der Waals surface area contributed by atoms with E-state index in [4.69, 9.17) is 0 Å². The number of hydrogen-bond acceptors (Lipinski definition) is 3. The monoisotopic (exact) mass is 338 g/mol. The first-order valence-electron chi connectivity index (χ1n) is 8.33. The van der Waals surface area contributed by atoms with Crippen molar-refractivity contribution in [1.29, 1.82) is 0 Å². The van der Waals surface area contributed by atoms with Crippen LogP contribution in [0.25, 0.3) is 0 Å². The van der Waals surface area contributed by atoms with Crippen LogP contribution in [-0.2, 0) is 0 Å². The molecule has 1 fully saturated rings. The van der Waals surface area contributed by atoms with E-state index in [1.165, 1.54) is 44.5 Å². The van der Waals surface area contributed by atoms with Crippen molar-refractivity contribution in [2.75, 3.05) is 45.5 Å². The molecule has 0 aliphatic carbocycles. The fourth-order valence-electron chi connectivity index (χ4n) is 2.61. The smallest absolute Gasteiger partial charge is 0.191 e. The van der Waals surface area contributed by atoms with E-state index in [2.05, 4.69) is 20.5 Å². The number of guanidine groups is 1. The second kappa shape index (κ2) is 10.5. The van der Waals surface area contributed by atoms with Gasteiger partial charge in [0.15, 0.2) is 5.96 Å². The second-order valence-corrected chi connectivity index (χ2v) is 6.80. The summed E-state index contributed by atoms with van der Waals surface area (Å²) in [5.74, 6) is 1.57. The number of aliphatic imine (C=N–C) groups is 1. The van der Waals surface area contributed by atoms with Crippen molar-refractivity contribution in [3.63, 3.8) is 0 Å². The number of halogens is 1. The summed E-state index contributed by atoms with van der Waals surface area (Å²) in [6, 6.07) is 6.62. The molecular formula is C17H27FN4S. The highest BCUT2D eigenvalue weighted by atomic mass is 32.2. The molecule has 0 aromatic heterocycles. The Bertz CT molecular complexity index is 472. The van der Waals surface area contributed by atoms with E-state index in [0.29, 0.717) is 0 Å². The SMILES string of the molecule is CN=C(NCCSc1ccc(F)cc1)NCCN1CCCCC1. The molecule has 0 spiro atoms. The maximum Gasteiger partial charge on any atom is 0.191 e. The normalized spacial score (nSPS) is 16.3. The van der Waals surface area contributed by atoms with Crippen LogP contribution < -0.4 is 10.6 Å². The quantitative estimate of drug-likeness (QED) is 0.347. The van der Waals surface area contributed by atoms with E-state index >= 15 is 0 Å². The summed E-state index contributed by atoms with van der Waals surface area (Å²) < 4.78 is 12.8. The topological polar surface area (TPSA) is 39.7 Å². The van der Waals surface area contributed by atoms with Crippen LogP contribution in [0.4, 0.5) is 4.39 Å². The fraction of sp³-hybridized carbons (Fsp3) is 0.588. The van der Waals surface area contributed by atoms with Crippen molar-refractivity contribution in [3.05, 3.63) is 30.1 Å². The zero-order chi connectivity index (χ0) is 16.3. The highest BCUT2D eigenvalue weighted by Crippen LogP contribution is 2.17. The number of rotatable bonds is 7. The van der Waals surface area contributed by atoms with Gasteiger partial charge in [0.2, 0.25) is 0 Å². The van der Waals surface area contributed by atoms with Crippen LogP contribution in [0.1, 0.15) is 19.3 Å². The molecule has 0 amide bonds. The molecule has 0 bridgehead atoms. The summed E-state index contributed by atoms with van der Waals surface area (Å²) in [4.78, 5) is 7.84. The van der Waals surface area contributed by atoms with Crippen molar-refractivity contribution >= 4 is 17.7 Å². The number of piperidine rings is 1. The third kappa shape index (κ3) is 7.22. The predicted octanol–water partition coefficient (Wildman–Crippen LogP) is 2.57. The summed E-state index contributed by atoms with van der Waals surface area (Å²) in [7, 11) is 1.79. The summed E-state index contributed by atoms with van der Waals surface area (Å²) in [6.45, 7) is 5.27. The molecule has 1 aromatic rings. The molecule has 0 saturated carbocycles. The Hall–Kier alpha value is -1.27. The van der Waals surface area contributed by atoms with Gasteiger partial charge < -0.3 is 15.5 Å². The molecule has 1 heterocycles. The minimum atomic E-state index is -0.189. The minimum Gasteiger partial charge on any atom is -0.356 e. The number of thioether (sulfide) groups is 1. The van der Waals surface area contributed by atoms with Crippen molar-refractivity contribution < 1.29 is 4.39 Å². The van der Waals surface area contributed by atoms with Crippen LogP contribution in [0, 0.1) is 5.82 Å². The van der Waals surface area contributed by atoms with Gasteiger partial charge in [-0.25, -0.2) is 4.39 Å². The first-order chi connectivity index (χ1) is 11.3. The Balaban J connectivity index is 1.56. The van der Waals surface area contributed by atoms with E-state index in [9.17, 15) is 4.39 Å². The summed E-state index contributed by atoms with van der Waals surface area (Å²) >= 11 is 1.71. The van der Waals surface area contributed by atoms with Crippen LogP contribution in [0.5, 0.6) is 0 Å². The molecule has 4 nitrogen and oxygen atoms in total. The minimum absolute atomic E-state index is 0.189. The van der Waals surface area contributed by atoms with Crippen LogP contribution in [-0.4, -0.2) is 56.4 Å². The van der Waals surface area contributed by atoms with Gasteiger partial charge in [0, 0.05) is 37.3 Å². The lowest BCUT2D eigenvalue weighted by Gasteiger charge is -2.26. The molecule has 2 rings (SSSR count). The zero-order valence-electron chi connectivity index (χ0n) is 13.9. The molecular weight excluding hydrogens is 311 g/mol. The first kappa shape index (κ1) is 18.1. The van der Waals surface area contributed by atoms with E-state index in [-0.39, 0.29) is 5.82 Å². The van der Waals surface area contributed by atoms with Gasteiger partial charge in [0.25, 0.3) is 0 Å². The first-order valence-corrected chi connectivity index (χ1v) is 9.32. The van der Waals surface area contributed by atoms with E-state index in [0.717, 1.165) is 36.2 Å². The van der Waals surface area contributed by atoms with Gasteiger partial charge in [-0.15, -0.1) is 11.8 Å². The Kier molecular flexibility index (Phi) is 8.25. The fourth-order valence-corrected chi connectivity index (χ4v) is 3.37. The average molecular weight is 338 g/mol. The van der Waals surface area contributed by atoms with Gasteiger partial charge in [-0.1, -0.05) is 6.42 Å². The maximum absolute atomic E-state index is 12.8. The van der Waals surface area contributed by atoms with Crippen LogP contribution in [0.15, 0.2) is 34.2 Å². The molecule has 128 valence electrons. The standard InChI is InChI=1S/C17H27FN4S/c1-19-17(20-9-13-22-11-3-2-4-12-22)21-10-14-23-16-7-5-15(18)6-8-16/h5-8H,2-4,9-14H2,1H3,(H2,19,20,21). The van der Waals surface area contributed by atoms with E-state index < -0.39 is 0 Å². The predicted molar refractivity (Wildman–Crippen MR) is 96.8 cm³/mol. The van der Waals surface area contributed by atoms with Crippen molar-refractivity contribution in [1.82, 2.24) is 15.5 Å². The Labute approximate surface area is 142 Å². The highest BCUT2D eigenvalue weighted by Gasteiger charge is 2.09. The summed E-state index contributed by atoms with van der Waals surface area (Å²) in [6.07, 6.45) is 4.03. The van der Waals surface area contributed by atoms with Crippen molar-refractivity contribution in [2.24, 2.45) is 4.99 Å². The van der Waals surface area contributed by atoms with E-state index in [1.54, 1.807) is 18.8 Å². The molecule has 1 aliphatic rings. The van der Waals surface area contributed by atoms with Crippen LogP contribution in [0.3, 0.4) is 0 Å². The summed E-state index contributed by atoms with van der Waals surface area (Å²) in [5, 5.41) is 6.68. The molecule has 23 heavy (non-hydrogen) atoms. The molecule has 6 heteroatoms. The average Bonchev–Trinajstić information content (AvgIpc) is 2.59. The molecule has 1 saturated heterocycles. The van der Waals surface area contributed by atoms with Gasteiger partial charge >= 0.3 is 0 Å². The Morgan fingerprint density at radius 3 is 2.52 bits per heavy atom. The lowest BCUT2D eigenvalue weighted by Crippen LogP contribution is -2.43. The molecule has 1 aliphatic heterocycles. The second-order valence-electron chi connectivity index (χ2n) is 5.63. The molecule has 0 radical (unpaired) electrons. The largest absolute Gasteiger partial charge is 0.356 e. The van der Waals surface area contributed by atoms with Gasteiger partial charge in [0.05, 0.1) is 0 Å². The molecule has 2 N–H and O–H groups in total. The number of nitrogens with zero attached hydrogens (tertiary/aromatic N) is 2. The lowest BCUT2D eigenvalue weighted by atomic mass is 10.1. The van der Waals surface area contributed by atoms with Gasteiger partial charge in [-0.3, -0.25) is 4.99 Å². The highest BCUT2D eigenvalue weighted by molar-refractivity contribution is 7.99. The van der Waals surface area contributed by atoms with Crippen molar-refractivity contribution in [2.45, 2.75) is 24.2 Å². The number of likely N-dealkylation sites (tertiary alicyclic amines) is 1. The van der Waals surface area contributed by atoms with Gasteiger partial charge in [-0.05, 0) is 50.2 Å². The lowest BCUT2D eigenvalue weighted by molar-refractivity contribution is 0.232. The van der Waals surface area contributed by atoms with E-state index in [1.807, 2.05) is 12.1 Å². The molecule has 0 atom stereocenters. The van der Waals surface area contributed by atoms with Crippen LogP contribution >= 0.6 is 11.8 Å². The maximum atomic E-state index is 12.8. The number of hydrogen-bond donors (Lipinski definition) is 2. The zero-order valence-corrected chi connectivity index (χ0v) is 14.7. The molecule has 0 unspecified atom stereocenters. The van der Waals surface area contributed by atoms with Gasteiger partial charge in [-0.2, -0.15) is 0 Å². The third-order valence-corrected chi connectivity index (χ3v) is 4.88. The third-order valence-electron chi connectivity index (χ3n) is 3.87. The van der Waals surface area contributed by atoms with Crippen LogP contribution in [0.2, 0.25) is 0 Å². The summed E-state index contributed by atoms with van der Waals surface area (Å²) in [5.41, 5.74) is 0.